The van der Waals surface area contributed by atoms with E-state index >= 15 is 0 Å². The van der Waals surface area contributed by atoms with E-state index < -0.39 is 0 Å². The third kappa shape index (κ3) is 2.30. The molecular weight excluding hydrogens is 288 g/mol. The zero-order valence-electron chi connectivity index (χ0n) is 11.1. The summed E-state index contributed by atoms with van der Waals surface area (Å²) in [7, 11) is 2.29. The van der Waals surface area contributed by atoms with Gasteiger partial charge in [0.25, 0.3) is 0 Å². The first kappa shape index (κ1) is 12.5. The summed E-state index contributed by atoms with van der Waals surface area (Å²) >= 11 is 3.56. The minimum Gasteiger partial charge on any atom is -0.382 e. The Morgan fingerprint density at radius 3 is 2.50 bits per heavy atom. The highest BCUT2D eigenvalue weighted by Crippen LogP contribution is 2.35. The second-order valence-corrected chi connectivity index (χ2v) is 6.68. The van der Waals surface area contributed by atoms with Crippen molar-refractivity contribution in [3.05, 3.63) is 28.2 Å². The molecule has 0 radical (unpaired) electrons. The molecule has 2 unspecified atom stereocenters. The highest BCUT2D eigenvalue weighted by molar-refractivity contribution is 9.10. The molecule has 1 aromatic rings. The maximum Gasteiger partial charge on any atom is 0.0345 e. The van der Waals surface area contributed by atoms with Gasteiger partial charge in [0.05, 0.1) is 0 Å². The van der Waals surface area contributed by atoms with Crippen molar-refractivity contribution in [1.29, 1.82) is 0 Å². The Bertz CT molecular complexity index is 432. The van der Waals surface area contributed by atoms with Crippen LogP contribution >= 0.6 is 15.9 Å². The lowest BCUT2D eigenvalue weighted by atomic mass is 9.97. The molecule has 2 aliphatic rings. The predicted molar refractivity (Wildman–Crippen MR) is 80.1 cm³/mol. The van der Waals surface area contributed by atoms with Gasteiger partial charge in [-0.15, -0.1) is 0 Å². The standard InChI is InChI=1S/C15H21BrN2/c1-10-7-11(3-6-15(10)16)17-12-8-13-4-5-14(9-12)18(13)2/h3,6-7,12-14,17H,4-5,8-9H2,1-2H3. The van der Waals surface area contributed by atoms with Gasteiger partial charge >= 0.3 is 0 Å². The molecule has 2 atom stereocenters. The molecular formula is C15H21BrN2. The van der Waals surface area contributed by atoms with Gasteiger partial charge in [0, 0.05) is 28.3 Å². The molecule has 98 valence electrons. The number of halogens is 1. The van der Waals surface area contributed by atoms with E-state index in [1.807, 2.05) is 0 Å². The minimum atomic E-state index is 0.652. The lowest BCUT2D eigenvalue weighted by Crippen LogP contribution is -2.44. The van der Waals surface area contributed by atoms with E-state index in [0.29, 0.717) is 6.04 Å². The number of nitrogens with one attached hydrogen (secondary N) is 1. The summed E-state index contributed by atoms with van der Waals surface area (Å²) in [6.07, 6.45) is 5.36. The summed E-state index contributed by atoms with van der Waals surface area (Å²) in [5, 5.41) is 3.72. The number of aryl methyl sites for hydroxylation is 1. The molecule has 2 nitrogen and oxygen atoms in total. The number of fused-ring (bicyclic) bond motifs is 2. The van der Waals surface area contributed by atoms with E-state index in [1.165, 1.54) is 41.4 Å². The Balaban J connectivity index is 1.68. The smallest absolute Gasteiger partial charge is 0.0345 e. The van der Waals surface area contributed by atoms with Crippen LogP contribution in [0.5, 0.6) is 0 Å². The fourth-order valence-electron chi connectivity index (χ4n) is 3.50. The van der Waals surface area contributed by atoms with Gasteiger partial charge in [0.2, 0.25) is 0 Å². The average Bonchev–Trinajstić information content (AvgIpc) is 2.58. The van der Waals surface area contributed by atoms with E-state index in [4.69, 9.17) is 0 Å². The quantitative estimate of drug-likeness (QED) is 0.894. The molecule has 1 N–H and O–H groups in total. The summed E-state index contributed by atoms with van der Waals surface area (Å²) in [5.41, 5.74) is 2.57. The number of benzene rings is 1. The molecule has 2 saturated heterocycles. The molecule has 18 heavy (non-hydrogen) atoms. The van der Waals surface area contributed by atoms with Crippen LogP contribution in [-0.2, 0) is 0 Å². The van der Waals surface area contributed by atoms with Crippen molar-refractivity contribution in [2.24, 2.45) is 0 Å². The number of hydrogen-bond donors (Lipinski definition) is 1. The van der Waals surface area contributed by atoms with Crippen LogP contribution in [0.25, 0.3) is 0 Å². The van der Waals surface area contributed by atoms with Crippen LogP contribution in [0.4, 0.5) is 5.69 Å². The number of rotatable bonds is 2. The number of piperidine rings is 1. The maximum atomic E-state index is 3.72. The first-order chi connectivity index (χ1) is 8.63. The van der Waals surface area contributed by atoms with Crippen molar-refractivity contribution >= 4 is 21.6 Å². The first-order valence-corrected chi connectivity index (χ1v) is 7.67. The van der Waals surface area contributed by atoms with E-state index in [1.54, 1.807) is 0 Å². The van der Waals surface area contributed by atoms with E-state index in [9.17, 15) is 0 Å². The third-order valence-corrected chi connectivity index (χ3v) is 5.52. The summed E-state index contributed by atoms with van der Waals surface area (Å²) in [6, 6.07) is 8.82. The molecule has 0 saturated carbocycles. The largest absolute Gasteiger partial charge is 0.382 e. The first-order valence-electron chi connectivity index (χ1n) is 6.88. The Morgan fingerprint density at radius 2 is 1.89 bits per heavy atom. The monoisotopic (exact) mass is 308 g/mol. The van der Waals surface area contributed by atoms with E-state index in [-0.39, 0.29) is 0 Å². The lowest BCUT2D eigenvalue weighted by Gasteiger charge is -2.37. The molecule has 1 aromatic carbocycles. The Morgan fingerprint density at radius 1 is 1.22 bits per heavy atom. The predicted octanol–water partition coefficient (Wildman–Crippen LogP) is 3.79. The molecule has 2 heterocycles. The van der Waals surface area contributed by atoms with Crippen LogP contribution in [0.3, 0.4) is 0 Å². The van der Waals surface area contributed by atoms with Gasteiger partial charge in [-0.25, -0.2) is 0 Å². The Labute approximate surface area is 118 Å². The fraction of sp³-hybridized carbons (Fsp3) is 0.600. The number of anilines is 1. The van der Waals surface area contributed by atoms with Crippen LogP contribution in [0, 0.1) is 6.92 Å². The summed E-state index contributed by atoms with van der Waals surface area (Å²) in [5.74, 6) is 0. The van der Waals surface area contributed by atoms with Gasteiger partial charge in [-0.2, -0.15) is 0 Å². The molecule has 3 heteroatoms. The van der Waals surface area contributed by atoms with Crippen LogP contribution in [0.15, 0.2) is 22.7 Å². The summed E-state index contributed by atoms with van der Waals surface area (Å²) in [6.45, 7) is 2.15. The average molecular weight is 309 g/mol. The topological polar surface area (TPSA) is 15.3 Å². The highest BCUT2D eigenvalue weighted by Gasteiger charge is 2.38. The Hall–Kier alpha value is -0.540. The van der Waals surface area contributed by atoms with Crippen molar-refractivity contribution in [3.8, 4) is 0 Å². The number of nitrogens with zero attached hydrogens (tertiary/aromatic N) is 1. The lowest BCUT2D eigenvalue weighted by molar-refractivity contribution is 0.169. The van der Waals surface area contributed by atoms with Crippen molar-refractivity contribution in [2.45, 2.75) is 50.7 Å². The summed E-state index contributed by atoms with van der Waals surface area (Å²) < 4.78 is 1.19. The number of hydrogen-bond acceptors (Lipinski definition) is 2. The minimum absolute atomic E-state index is 0.652. The highest BCUT2D eigenvalue weighted by atomic mass is 79.9. The van der Waals surface area contributed by atoms with Crippen LogP contribution in [0.1, 0.15) is 31.2 Å². The van der Waals surface area contributed by atoms with Gasteiger partial charge in [-0.1, -0.05) is 15.9 Å². The molecule has 0 spiro atoms. The second kappa shape index (κ2) is 4.86. The van der Waals surface area contributed by atoms with Crippen LogP contribution in [-0.4, -0.2) is 30.1 Å². The van der Waals surface area contributed by atoms with Gasteiger partial charge in [-0.3, -0.25) is 0 Å². The van der Waals surface area contributed by atoms with Crippen LogP contribution in [0.2, 0.25) is 0 Å². The molecule has 2 fully saturated rings. The van der Waals surface area contributed by atoms with E-state index in [0.717, 1.165) is 12.1 Å². The zero-order valence-corrected chi connectivity index (χ0v) is 12.7. The molecule has 0 aromatic heterocycles. The van der Waals surface area contributed by atoms with Gasteiger partial charge in [0.1, 0.15) is 0 Å². The van der Waals surface area contributed by atoms with Crippen LogP contribution < -0.4 is 5.32 Å². The van der Waals surface area contributed by atoms with Crippen molar-refractivity contribution in [1.82, 2.24) is 4.90 Å². The van der Waals surface area contributed by atoms with Crippen molar-refractivity contribution in [2.75, 3.05) is 12.4 Å². The third-order valence-electron chi connectivity index (χ3n) is 4.63. The normalized spacial score (nSPS) is 31.6. The zero-order chi connectivity index (χ0) is 12.7. The van der Waals surface area contributed by atoms with E-state index in [2.05, 4.69) is 58.3 Å². The van der Waals surface area contributed by atoms with Gasteiger partial charge in [-0.05, 0) is 63.4 Å². The van der Waals surface area contributed by atoms with Gasteiger partial charge < -0.3 is 10.2 Å². The maximum absolute atomic E-state index is 3.72. The molecule has 0 aliphatic carbocycles. The second-order valence-electron chi connectivity index (χ2n) is 5.83. The SMILES string of the molecule is Cc1cc(NC2CC3CCC(C2)N3C)ccc1Br. The molecule has 0 amide bonds. The molecule has 2 bridgehead atoms. The van der Waals surface area contributed by atoms with Crippen molar-refractivity contribution < 1.29 is 0 Å². The fourth-order valence-corrected chi connectivity index (χ4v) is 3.75. The molecule has 3 rings (SSSR count). The summed E-state index contributed by atoms with van der Waals surface area (Å²) in [4.78, 5) is 2.59. The van der Waals surface area contributed by atoms with Gasteiger partial charge in [0.15, 0.2) is 0 Å². The Kier molecular flexibility index (Phi) is 3.37. The molecule has 2 aliphatic heterocycles. The van der Waals surface area contributed by atoms with Crippen molar-refractivity contribution in [3.63, 3.8) is 0 Å².